The van der Waals surface area contributed by atoms with Gasteiger partial charge in [-0.25, -0.2) is 0 Å². The summed E-state index contributed by atoms with van der Waals surface area (Å²) in [5, 5.41) is 8.08. The number of nitrogens with zero attached hydrogens (tertiary/aromatic N) is 2. The summed E-state index contributed by atoms with van der Waals surface area (Å²) in [6.07, 6.45) is 6.98. The predicted octanol–water partition coefficient (Wildman–Crippen LogP) is 2.84. The molecule has 1 aliphatic rings. The molecule has 0 bridgehead atoms. The van der Waals surface area contributed by atoms with Crippen molar-refractivity contribution in [2.75, 3.05) is 7.05 Å². The van der Waals surface area contributed by atoms with E-state index in [0.29, 0.717) is 6.04 Å². The van der Waals surface area contributed by atoms with E-state index >= 15 is 0 Å². The van der Waals surface area contributed by atoms with Gasteiger partial charge in [-0.2, -0.15) is 0 Å². The van der Waals surface area contributed by atoms with E-state index in [1.807, 2.05) is 19.3 Å². The van der Waals surface area contributed by atoms with Gasteiger partial charge in [0.25, 0.3) is 0 Å². The highest BCUT2D eigenvalue weighted by Gasteiger charge is 2.15. The van der Waals surface area contributed by atoms with Crippen molar-refractivity contribution in [1.29, 1.82) is 0 Å². The third-order valence-corrected chi connectivity index (χ3v) is 4.08. The van der Waals surface area contributed by atoms with Crippen LogP contribution in [0.1, 0.15) is 31.2 Å². The number of hydrogen-bond donors (Lipinski definition) is 2. The summed E-state index contributed by atoms with van der Waals surface area (Å²) in [6, 6.07) is 10.9. The van der Waals surface area contributed by atoms with Crippen LogP contribution in [-0.2, 0) is 6.54 Å². The highest BCUT2D eigenvalue weighted by Crippen LogP contribution is 2.18. The van der Waals surface area contributed by atoms with Crippen molar-refractivity contribution in [3.8, 4) is 0 Å². The zero-order valence-electron chi connectivity index (χ0n) is 12.5. The quantitative estimate of drug-likeness (QED) is 0.672. The van der Waals surface area contributed by atoms with Crippen molar-refractivity contribution in [3.63, 3.8) is 0 Å². The normalized spacial score (nSPS) is 16.3. The van der Waals surface area contributed by atoms with Gasteiger partial charge in [0.15, 0.2) is 5.96 Å². The molecule has 1 aromatic carbocycles. The van der Waals surface area contributed by atoms with Crippen LogP contribution in [-0.4, -0.2) is 24.0 Å². The van der Waals surface area contributed by atoms with Crippen molar-refractivity contribution >= 4 is 16.9 Å². The Labute approximate surface area is 125 Å². The lowest BCUT2D eigenvalue weighted by Crippen LogP contribution is -2.41. The Hall–Kier alpha value is -2.10. The van der Waals surface area contributed by atoms with E-state index < -0.39 is 0 Å². The Morgan fingerprint density at radius 2 is 2.05 bits per heavy atom. The van der Waals surface area contributed by atoms with E-state index in [9.17, 15) is 0 Å². The summed E-state index contributed by atoms with van der Waals surface area (Å²) < 4.78 is 0. The minimum Gasteiger partial charge on any atom is -0.354 e. The lowest BCUT2D eigenvalue weighted by Gasteiger charge is -2.17. The van der Waals surface area contributed by atoms with Crippen LogP contribution in [0.5, 0.6) is 0 Å². The van der Waals surface area contributed by atoms with E-state index in [0.717, 1.165) is 18.0 Å². The van der Waals surface area contributed by atoms with Crippen LogP contribution in [0.4, 0.5) is 0 Å². The van der Waals surface area contributed by atoms with Gasteiger partial charge in [0.2, 0.25) is 0 Å². The van der Waals surface area contributed by atoms with E-state index in [2.05, 4.69) is 44.9 Å². The first-order chi connectivity index (χ1) is 10.4. The third kappa shape index (κ3) is 3.32. The Balaban J connectivity index is 1.67. The van der Waals surface area contributed by atoms with E-state index in [1.165, 1.54) is 36.6 Å². The van der Waals surface area contributed by atoms with Gasteiger partial charge in [0.1, 0.15) is 0 Å². The van der Waals surface area contributed by atoms with Crippen molar-refractivity contribution in [3.05, 3.63) is 42.1 Å². The highest BCUT2D eigenvalue weighted by atomic mass is 15.2. The van der Waals surface area contributed by atoms with Crippen molar-refractivity contribution in [1.82, 2.24) is 15.6 Å². The fraction of sp³-hybridized carbons (Fsp3) is 0.412. The molecule has 2 N–H and O–H groups in total. The predicted molar refractivity (Wildman–Crippen MR) is 87.3 cm³/mol. The van der Waals surface area contributed by atoms with E-state index in [-0.39, 0.29) is 0 Å². The standard InChI is InChI=1S/C17H22N4/c1-18-17(21-15-9-2-3-10-15)20-12-14-7-4-6-13-8-5-11-19-16(13)14/h4-8,11,15H,2-3,9-10,12H2,1H3,(H2,18,20,21). The number of nitrogens with one attached hydrogen (secondary N) is 2. The molecule has 4 heteroatoms. The molecule has 0 spiro atoms. The molecule has 2 aromatic rings. The second-order valence-corrected chi connectivity index (χ2v) is 5.54. The summed E-state index contributed by atoms with van der Waals surface area (Å²) >= 11 is 0. The van der Waals surface area contributed by atoms with Crippen LogP contribution in [0.2, 0.25) is 0 Å². The molecular weight excluding hydrogens is 260 g/mol. The maximum atomic E-state index is 4.49. The maximum absolute atomic E-state index is 4.49. The number of hydrogen-bond acceptors (Lipinski definition) is 2. The molecule has 1 heterocycles. The fourth-order valence-electron chi connectivity index (χ4n) is 2.95. The highest BCUT2D eigenvalue weighted by molar-refractivity contribution is 5.83. The maximum Gasteiger partial charge on any atom is 0.191 e. The summed E-state index contributed by atoms with van der Waals surface area (Å²) in [4.78, 5) is 8.81. The first kappa shape index (κ1) is 13.9. The van der Waals surface area contributed by atoms with Crippen LogP contribution in [0, 0.1) is 0 Å². The molecule has 21 heavy (non-hydrogen) atoms. The van der Waals surface area contributed by atoms with Crippen LogP contribution in [0.3, 0.4) is 0 Å². The van der Waals surface area contributed by atoms with Crippen molar-refractivity contribution in [2.45, 2.75) is 38.3 Å². The van der Waals surface area contributed by atoms with Gasteiger partial charge < -0.3 is 10.6 Å². The van der Waals surface area contributed by atoms with Gasteiger partial charge in [-0.1, -0.05) is 37.1 Å². The Morgan fingerprint density at radius 3 is 2.86 bits per heavy atom. The number of fused-ring (bicyclic) bond motifs is 1. The molecule has 1 saturated carbocycles. The zero-order valence-corrected chi connectivity index (χ0v) is 12.5. The minimum absolute atomic E-state index is 0.571. The van der Waals surface area contributed by atoms with Crippen LogP contribution >= 0.6 is 0 Å². The number of para-hydroxylation sites is 1. The number of aromatic nitrogens is 1. The smallest absolute Gasteiger partial charge is 0.191 e. The van der Waals surface area contributed by atoms with Gasteiger partial charge in [0.05, 0.1) is 5.52 Å². The first-order valence-electron chi connectivity index (χ1n) is 7.66. The fourth-order valence-corrected chi connectivity index (χ4v) is 2.95. The average Bonchev–Trinajstić information content (AvgIpc) is 3.04. The lowest BCUT2D eigenvalue weighted by atomic mass is 10.1. The van der Waals surface area contributed by atoms with Gasteiger partial charge in [0, 0.05) is 31.2 Å². The van der Waals surface area contributed by atoms with Gasteiger partial charge in [-0.05, 0) is 24.5 Å². The second-order valence-electron chi connectivity index (χ2n) is 5.54. The molecule has 1 aromatic heterocycles. The number of aliphatic imine (C=N–C) groups is 1. The number of pyridine rings is 1. The molecule has 0 amide bonds. The summed E-state index contributed by atoms with van der Waals surface area (Å²) in [5.74, 6) is 0.884. The lowest BCUT2D eigenvalue weighted by molar-refractivity contribution is 0.613. The largest absolute Gasteiger partial charge is 0.354 e. The van der Waals surface area contributed by atoms with Gasteiger partial charge in [-0.3, -0.25) is 9.98 Å². The summed E-state index contributed by atoms with van der Waals surface area (Å²) in [5.41, 5.74) is 2.26. The SMILES string of the molecule is CN=C(NCc1cccc2cccnc12)NC1CCCC1. The Bertz CT molecular complexity index is 624. The minimum atomic E-state index is 0.571. The number of rotatable bonds is 3. The third-order valence-electron chi connectivity index (χ3n) is 4.08. The molecule has 3 rings (SSSR count). The number of benzene rings is 1. The van der Waals surface area contributed by atoms with Crippen LogP contribution in [0.15, 0.2) is 41.5 Å². The van der Waals surface area contributed by atoms with Gasteiger partial charge >= 0.3 is 0 Å². The monoisotopic (exact) mass is 282 g/mol. The summed E-state index contributed by atoms with van der Waals surface area (Å²) in [6.45, 7) is 0.737. The van der Waals surface area contributed by atoms with E-state index in [1.54, 1.807) is 0 Å². The molecule has 0 atom stereocenters. The number of guanidine groups is 1. The molecule has 0 radical (unpaired) electrons. The van der Waals surface area contributed by atoms with E-state index in [4.69, 9.17) is 0 Å². The Morgan fingerprint density at radius 1 is 1.24 bits per heavy atom. The summed E-state index contributed by atoms with van der Waals surface area (Å²) in [7, 11) is 1.83. The molecule has 1 aliphatic carbocycles. The first-order valence-corrected chi connectivity index (χ1v) is 7.66. The molecule has 0 unspecified atom stereocenters. The molecule has 1 fully saturated rings. The second kappa shape index (κ2) is 6.57. The molecule has 0 saturated heterocycles. The molecular formula is C17H22N4. The zero-order chi connectivity index (χ0) is 14.5. The molecule has 110 valence electrons. The molecule has 4 nitrogen and oxygen atoms in total. The van der Waals surface area contributed by atoms with Gasteiger partial charge in [-0.15, -0.1) is 0 Å². The van der Waals surface area contributed by atoms with Crippen molar-refractivity contribution < 1.29 is 0 Å². The van der Waals surface area contributed by atoms with Crippen LogP contribution in [0.25, 0.3) is 10.9 Å². The van der Waals surface area contributed by atoms with Crippen LogP contribution < -0.4 is 10.6 Å². The Kier molecular flexibility index (Phi) is 4.34. The van der Waals surface area contributed by atoms with Crippen molar-refractivity contribution in [2.24, 2.45) is 4.99 Å². The topological polar surface area (TPSA) is 49.3 Å². The molecule has 0 aliphatic heterocycles. The average molecular weight is 282 g/mol.